The van der Waals surface area contributed by atoms with E-state index >= 15 is 0 Å². The largest absolute Gasteiger partial charge is 0.356 e. The van der Waals surface area contributed by atoms with E-state index < -0.39 is 0 Å². The second kappa shape index (κ2) is 7.95. The molecule has 0 aromatic heterocycles. The highest BCUT2D eigenvalue weighted by Gasteiger charge is 2.11. The van der Waals surface area contributed by atoms with Crippen LogP contribution in [-0.2, 0) is 6.42 Å². The summed E-state index contributed by atoms with van der Waals surface area (Å²) in [6.07, 6.45) is 8.60. The maximum atomic E-state index is 6.14. The van der Waals surface area contributed by atoms with Crippen molar-refractivity contribution in [3.63, 3.8) is 0 Å². The van der Waals surface area contributed by atoms with Crippen molar-refractivity contribution < 1.29 is 0 Å². The van der Waals surface area contributed by atoms with Crippen LogP contribution in [0, 0.1) is 0 Å². The van der Waals surface area contributed by atoms with Gasteiger partial charge in [-0.1, -0.05) is 42.0 Å². The molecule has 0 heterocycles. The molecule has 1 aromatic carbocycles. The molecule has 108 valence electrons. The number of rotatable bonds is 5. The lowest BCUT2D eigenvalue weighted by Gasteiger charge is -2.16. The molecular weight excluding hydrogens is 270 g/mol. The van der Waals surface area contributed by atoms with E-state index in [-0.39, 0.29) is 0 Å². The second-order valence-electron chi connectivity index (χ2n) is 4.98. The smallest absolute Gasteiger partial charge is 0.191 e. The molecule has 0 atom stereocenters. The molecule has 2 rings (SSSR count). The third kappa shape index (κ3) is 4.57. The van der Waals surface area contributed by atoms with Gasteiger partial charge in [-0.25, -0.2) is 0 Å². The fourth-order valence-corrected chi connectivity index (χ4v) is 2.54. The Hall–Kier alpha value is -1.48. The molecule has 0 fully saturated rings. The van der Waals surface area contributed by atoms with Crippen LogP contribution in [-0.4, -0.2) is 25.6 Å². The zero-order valence-electron chi connectivity index (χ0n) is 11.9. The summed E-state index contributed by atoms with van der Waals surface area (Å²) in [5, 5.41) is 7.63. The van der Waals surface area contributed by atoms with Crippen LogP contribution in [0.4, 0.5) is 0 Å². The summed E-state index contributed by atoms with van der Waals surface area (Å²) >= 11 is 6.14. The first-order chi connectivity index (χ1) is 9.79. The Morgan fingerprint density at radius 3 is 2.75 bits per heavy atom. The molecule has 0 radical (unpaired) electrons. The van der Waals surface area contributed by atoms with Crippen molar-refractivity contribution in [2.45, 2.75) is 31.7 Å². The molecule has 1 aromatic rings. The van der Waals surface area contributed by atoms with Crippen LogP contribution in [0.5, 0.6) is 0 Å². The quantitative estimate of drug-likeness (QED) is 0.378. The number of aryl methyl sites for hydroxylation is 1. The lowest BCUT2D eigenvalue weighted by Crippen LogP contribution is -2.42. The van der Waals surface area contributed by atoms with Gasteiger partial charge in [-0.05, 0) is 37.3 Å². The molecule has 20 heavy (non-hydrogen) atoms. The predicted octanol–water partition coefficient (Wildman–Crippen LogP) is 3.16. The highest BCUT2D eigenvalue weighted by atomic mass is 35.5. The molecule has 0 spiro atoms. The summed E-state index contributed by atoms with van der Waals surface area (Å²) in [4.78, 5) is 4.25. The van der Waals surface area contributed by atoms with Gasteiger partial charge in [0.2, 0.25) is 0 Å². The molecular formula is C16H22ClN3. The van der Waals surface area contributed by atoms with Crippen molar-refractivity contribution in [3.05, 3.63) is 47.0 Å². The molecule has 0 saturated heterocycles. The first kappa shape index (κ1) is 14.9. The molecule has 0 unspecified atom stereocenters. The monoisotopic (exact) mass is 291 g/mol. The van der Waals surface area contributed by atoms with Crippen LogP contribution < -0.4 is 10.6 Å². The minimum absolute atomic E-state index is 0.491. The zero-order chi connectivity index (χ0) is 14.2. The average Bonchev–Trinajstić information content (AvgIpc) is 2.97. The van der Waals surface area contributed by atoms with Crippen LogP contribution in [0.2, 0.25) is 5.02 Å². The summed E-state index contributed by atoms with van der Waals surface area (Å²) in [6.45, 7) is 0.894. The normalized spacial score (nSPS) is 15.6. The van der Waals surface area contributed by atoms with E-state index in [1.165, 1.54) is 5.56 Å². The molecule has 1 aliphatic rings. The maximum absolute atomic E-state index is 6.14. The van der Waals surface area contributed by atoms with Gasteiger partial charge in [-0.3, -0.25) is 4.99 Å². The molecule has 0 amide bonds. The molecule has 1 aliphatic carbocycles. The Bertz CT molecular complexity index is 474. The molecule has 2 N–H and O–H groups in total. The van der Waals surface area contributed by atoms with Crippen LogP contribution in [0.15, 0.2) is 41.4 Å². The van der Waals surface area contributed by atoms with Gasteiger partial charge in [0.1, 0.15) is 0 Å². The lowest BCUT2D eigenvalue weighted by molar-refractivity contribution is 0.628. The number of aliphatic imine (C=N–C) groups is 1. The molecule has 4 heteroatoms. The van der Waals surface area contributed by atoms with Crippen molar-refractivity contribution in [2.75, 3.05) is 13.6 Å². The molecule has 3 nitrogen and oxygen atoms in total. The Morgan fingerprint density at radius 1 is 1.30 bits per heavy atom. The van der Waals surface area contributed by atoms with Gasteiger partial charge in [0.15, 0.2) is 5.96 Å². The topological polar surface area (TPSA) is 36.4 Å². The third-order valence-electron chi connectivity index (χ3n) is 3.45. The number of nitrogens with zero attached hydrogens (tertiary/aromatic N) is 1. The number of hydrogen-bond donors (Lipinski definition) is 2. The van der Waals surface area contributed by atoms with Crippen molar-refractivity contribution >= 4 is 17.6 Å². The number of benzene rings is 1. The van der Waals surface area contributed by atoms with Crippen molar-refractivity contribution in [1.82, 2.24) is 10.6 Å². The highest BCUT2D eigenvalue weighted by molar-refractivity contribution is 6.31. The fraction of sp³-hybridized carbons (Fsp3) is 0.438. The lowest BCUT2D eigenvalue weighted by atomic mass is 10.1. The molecule has 0 saturated carbocycles. The Kier molecular flexibility index (Phi) is 5.93. The number of nitrogens with one attached hydrogen (secondary N) is 2. The average molecular weight is 292 g/mol. The Morgan fingerprint density at radius 2 is 2.05 bits per heavy atom. The molecule has 0 bridgehead atoms. The van der Waals surface area contributed by atoms with E-state index in [2.05, 4.69) is 33.8 Å². The van der Waals surface area contributed by atoms with E-state index in [9.17, 15) is 0 Å². The Labute approximate surface area is 126 Å². The second-order valence-corrected chi connectivity index (χ2v) is 5.39. The van der Waals surface area contributed by atoms with Gasteiger partial charge in [0, 0.05) is 24.7 Å². The van der Waals surface area contributed by atoms with Gasteiger partial charge in [0.05, 0.1) is 0 Å². The minimum Gasteiger partial charge on any atom is -0.356 e. The van der Waals surface area contributed by atoms with Gasteiger partial charge >= 0.3 is 0 Å². The van der Waals surface area contributed by atoms with Crippen molar-refractivity contribution in [1.29, 1.82) is 0 Å². The van der Waals surface area contributed by atoms with E-state index in [4.69, 9.17) is 11.6 Å². The van der Waals surface area contributed by atoms with Crippen LogP contribution >= 0.6 is 11.6 Å². The summed E-state index contributed by atoms with van der Waals surface area (Å²) < 4.78 is 0. The van der Waals surface area contributed by atoms with Crippen molar-refractivity contribution in [3.8, 4) is 0 Å². The van der Waals surface area contributed by atoms with Crippen molar-refractivity contribution in [2.24, 2.45) is 4.99 Å². The number of halogens is 1. The molecule has 0 aliphatic heterocycles. The summed E-state index contributed by atoms with van der Waals surface area (Å²) in [5.74, 6) is 0.887. The van der Waals surface area contributed by atoms with Crippen LogP contribution in [0.1, 0.15) is 24.8 Å². The van der Waals surface area contributed by atoms with Crippen LogP contribution in [0.25, 0.3) is 0 Å². The standard InChI is InChI=1S/C16H22ClN3/c1-18-16(20-14-9-3-4-10-14)19-12-6-8-13-7-2-5-11-15(13)17/h2-5,7,11,14H,6,8-10,12H2,1H3,(H2,18,19,20). The SMILES string of the molecule is CN=C(NCCCc1ccccc1Cl)NC1CC=CC1. The van der Waals surface area contributed by atoms with Gasteiger partial charge < -0.3 is 10.6 Å². The summed E-state index contributed by atoms with van der Waals surface area (Å²) in [5.41, 5.74) is 1.21. The van der Waals surface area contributed by atoms with Gasteiger partial charge in [-0.2, -0.15) is 0 Å². The fourth-order valence-electron chi connectivity index (χ4n) is 2.31. The first-order valence-electron chi connectivity index (χ1n) is 7.15. The van der Waals surface area contributed by atoms with E-state index in [0.717, 1.165) is 43.2 Å². The Balaban J connectivity index is 1.68. The minimum atomic E-state index is 0.491. The summed E-state index contributed by atoms with van der Waals surface area (Å²) in [7, 11) is 1.81. The van der Waals surface area contributed by atoms with Gasteiger partial charge in [-0.15, -0.1) is 0 Å². The predicted molar refractivity (Wildman–Crippen MR) is 86.4 cm³/mol. The third-order valence-corrected chi connectivity index (χ3v) is 3.81. The van der Waals surface area contributed by atoms with Gasteiger partial charge in [0.25, 0.3) is 0 Å². The zero-order valence-corrected chi connectivity index (χ0v) is 12.7. The van der Waals surface area contributed by atoms with E-state index in [0.29, 0.717) is 6.04 Å². The maximum Gasteiger partial charge on any atom is 0.191 e. The number of hydrogen-bond acceptors (Lipinski definition) is 1. The highest BCUT2D eigenvalue weighted by Crippen LogP contribution is 2.16. The van der Waals surface area contributed by atoms with E-state index in [1.807, 2.05) is 25.2 Å². The number of guanidine groups is 1. The van der Waals surface area contributed by atoms with E-state index in [1.54, 1.807) is 0 Å². The first-order valence-corrected chi connectivity index (χ1v) is 7.53. The summed E-state index contributed by atoms with van der Waals surface area (Å²) in [6, 6.07) is 8.51. The van der Waals surface area contributed by atoms with Crippen LogP contribution in [0.3, 0.4) is 0 Å².